The van der Waals surface area contributed by atoms with E-state index in [1.807, 2.05) is 19.1 Å². The maximum atomic E-state index is 13.6. The number of pyridine rings is 1. The van der Waals surface area contributed by atoms with Crippen molar-refractivity contribution in [3.8, 4) is 5.69 Å². The Balaban J connectivity index is 1.66. The van der Waals surface area contributed by atoms with Crippen LogP contribution in [0.2, 0.25) is 0 Å². The second-order valence-corrected chi connectivity index (χ2v) is 6.61. The van der Waals surface area contributed by atoms with Gasteiger partial charge >= 0.3 is 0 Å². The molecule has 1 aliphatic carbocycles. The van der Waals surface area contributed by atoms with Crippen LogP contribution >= 0.6 is 0 Å². The van der Waals surface area contributed by atoms with Gasteiger partial charge < -0.3 is 5.32 Å². The number of amides is 1. The molecule has 0 saturated carbocycles. The van der Waals surface area contributed by atoms with Crippen LogP contribution < -0.4 is 5.32 Å². The molecule has 7 heteroatoms. The SMILES string of the molecule is C[C@H](NC(=O)c1nn(-c2ccc(F)c(F)c2)c2c1CCC2)c1ccncc1. The van der Waals surface area contributed by atoms with Crippen molar-refractivity contribution in [1.29, 1.82) is 0 Å². The fraction of sp³-hybridized carbons (Fsp3) is 0.250. The maximum Gasteiger partial charge on any atom is 0.272 e. The second kappa shape index (κ2) is 6.90. The summed E-state index contributed by atoms with van der Waals surface area (Å²) in [5, 5.41) is 7.37. The van der Waals surface area contributed by atoms with Gasteiger partial charge in [-0.15, -0.1) is 0 Å². The van der Waals surface area contributed by atoms with Gasteiger partial charge in [-0.2, -0.15) is 5.10 Å². The molecule has 2 heterocycles. The van der Waals surface area contributed by atoms with Gasteiger partial charge in [0.2, 0.25) is 0 Å². The molecule has 0 radical (unpaired) electrons. The first-order valence-corrected chi connectivity index (χ1v) is 8.81. The number of hydrogen-bond acceptors (Lipinski definition) is 3. The molecule has 4 rings (SSSR count). The highest BCUT2D eigenvalue weighted by Crippen LogP contribution is 2.28. The molecule has 1 aliphatic rings. The number of hydrogen-bond donors (Lipinski definition) is 1. The van der Waals surface area contributed by atoms with E-state index in [-0.39, 0.29) is 11.9 Å². The van der Waals surface area contributed by atoms with Crippen LogP contribution in [0.5, 0.6) is 0 Å². The normalized spacial score (nSPS) is 14.0. The van der Waals surface area contributed by atoms with Crippen molar-refractivity contribution in [2.45, 2.75) is 32.2 Å². The Kier molecular flexibility index (Phi) is 4.43. The first kappa shape index (κ1) is 17.3. The smallest absolute Gasteiger partial charge is 0.272 e. The summed E-state index contributed by atoms with van der Waals surface area (Å²) in [7, 11) is 0. The first-order valence-electron chi connectivity index (χ1n) is 8.81. The zero-order valence-electron chi connectivity index (χ0n) is 14.7. The number of benzene rings is 1. The van der Waals surface area contributed by atoms with Crippen molar-refractivity contribution < 1.29 is 13.6 Å². The van der Waals surface area contributed by atoms with Gasteiger partial charge in [-0.3, -0.25) is 9.78 Å². The van der Waals surface area contributed by atoms with Crippen LogP contribution in [0.25, 0.3) is 5.69 Å². The molecule has 0 saturated heterocycles. The summed E-state index contributed by atoms with van der Waals surface area (Å²) in [4.78, 5) is 16.8. The average molecular weight is 368 g/mol. The van der Waals surface area contributed by atoms with Crippen molar-refractivity contribution in [2.24, 2.45) is 0 Å². The highest BCUT2D eigenvalue weighted by molar-refractivity contribution is 5.94. The van der Waals surface area contributed by atoms with Crippen LogP contribution in [-0.2, 0) is 12.8 Å². The summed E-state index contributed by atoms with van der Waals surface area (Å²) in [5.74, 6) is -2.13. The third-order valence-electron chi connectivity index (χ3n) is 4.85. The van der Waals surface area contributed by atoms with Gasteiger partial charge in [0, 0.05) is 29.7 Å². The molecule has 1 N–H and O–H groups in total. The number of carbonyl (C=O) groups is 1. The Morgan fingerprint density at radius 2 is 1.93 bits per heavy atom. The Morgan fingerprint density at radius 1 is 1.15 bits per heavy atom. The highest BCUT2D eigenvalue weighted by Gasteiger charge is 2.28. The van der Waals surface area contributed by atoms with E-state index in [2.05, 4.69) is 15.4 Å². The number of halogens is 2. The van der Waals surface area contributed by atoms with Crippen molar-refractivity contribution in [3.63, 3.8) is 0 Å². The van der Waals surface area contributed by atoms with Crippen LogP contribution in [0.1, 0.15) is 46.7 Å². The fourth-order valence-electron chi connectivity index (χ4n) is 3.45. The quantitative estimate of drug-likeness (QED) is 0.766. The number of nitrogens with one attached hydrogen (secondary N) is 1. The lowest BCUT2D eigenvalue weighted by Crippen LogP contribution is -2.28. The van der Waals surface area contributed by atoms with Gasteiger partial charge in [0.05, 0.1) is 11.7 Å². The van der Waals surface area contributed by atoms with Gasteiger partial charge in [-0.25, -0.2) is 13.5 Å². The van der Waals surface area contributed by atoms with E-state index in [4.69, 9.17) is 0 Å². The molecule has 27 heavy (non-hydrogen) atoms. The molecule has 1 aromatic carbocycles. The maximum absolute atomic E-state index is 13.6. The lowest BCUT2D eigenvalue weighted by Gasteiger charge is -2.13. The van der Waals surface area contributed by atoms with Crippen molar-refractivity contribution >= 4 is 5.91 Å². The van der Waals surface area contributed by atoms with Crippen molar-refractivity contribution in [2.75, 3.05) is 0 Å². The Bertz CT molecular complexity index is 1000. The molecule has 1 atom stereocenters. The molecule has 0 spiro atoms. The first-order chi connectivity index (χ1) is 13.0. The summed E-state index contributed by atoms with van der Waals surface area (Å²) in [6, 6.07) is 7.11. The predicted molar refractivity (Wildman–Crippen MR) is 95.6 cm³/mol. The Hall–Kier alpha value is -3.09. The minimum absolute atomic E-state index is 0.203. The topological polar surface area (TPSA) is 59.8 Å². The lowest BCUT2D eigenvalue weighted by atomic mass is 10.1. The second-order valence-electron chi connectivity index (χ2n) is 6.61. The molecule has 0 aliphatic heterocycles. The van der Waals surface area contributed by atoms with E-state index < -0.39 is 11.6 Å². The third kappa shape index (κ3) is 3.20. The van der Waals surface area contributed by atoms with Crippen LogP contribution in [0, 0.1) is 11.6 Å². The van der Waals surface area contributed by atoms with Gasteiger partial charge in [0.25, 0.3) is 5.91 Å². The summed E-state index contributed by atoms with van der Waals surface area (Å²) >= 11 is 0. The summed E-state index contributed by atoms with van der Waals surface area (Å²) < 4.78 is 28.4. The number of aromatic nitrogens is 3. The van der Waals surface area contributed by atoms with E-state index in [9.17, 15) is 13.6 Å². The van der Waals surface area contributed by atoms with Crippen molar-refractivity contribution in [3.05, 3.63) is 76.9 Å². The zero-order valence-corrected chi connectivity index (χ0v) is 14.7. The molecule has 0 unspecified atom stereocenters. The Labute approximate surface area is 155 Å². The summed E-state index contributed by atoms with van der Waals surface area (Å²) in [6.07, 6.45) is 5.73. The van der Waals surface area contributed by atoms with Gasteiger partial charge in [0.1, 0.15) is 0 Å². The number of nitrogens with zero attached hydrogens (tertiary/aromatic N) is 3. The van der Waals surface area contributed by atoms with E-state index in [1.54, 1.807) is 17.1 Å². The van der Waals surface area contributed by atoms with Crippen LogP contribution in [0.4, 0.5) is 8.78 Å². The number of fused-ring (bicyclic) bond motifs is 1. The minimum Gasteiger partial charge on any atom is -0.344 e. The van der Waals surface area contributed by atoms with Crippen LogP contribution in [0.15, 0.2) is 42.7 Å². The lowest BCUT2D eigenvalue weighted by molar-refractivity contribution is 0.0933. The largest absolute Gasteiger partial charge is 0.344 e. The molecular weight excluding hydrogens is 350 g/mol. The monoisotopic (exact) mass is 368 g/mol. The van der Waals surface area contributed by atoms with E-state index >= 15 is 0 Å². The summed E-state index contributed by atoms with van der Waals surface area (Å²) in [6.45, 7) is 1.89. The zero-order chi connectivity index (χ0) is 19.0. The molecular formula is C20H18F2N4O. The van der Waals surface area contributed by atoms with Gasteiger partial charge in [0.15, 0.2) is 17.3 Å². The van der Waals surface area contributed by atoms with E-state index in [1.165, 1.54) is 6.07 Å². The van der Waals surface area contributed by atoms with Gasteiger partial charge in [-0.1, -0.05) is 0 Å². The predicted octanol–water partition coefficient (Wildman–Crippen LogP) is 3.53. The standard InChI is InChI=1S/C20H18F2N4O/c1-12(13-7-9-23-10-8-13)24-20(27)19-15-3-2-4-18(15)26(25-19)14-5-6-16(21)17(22)11-14/h5-12H,2-4H2,1H3,(H,24,27)/t12-/m0/s1. The fourth-order valence-corrected chi connectivity index (χ4v) is 3.45. The number of rotatable bonds is 4. The summed E-state index contributed by atoms with van der Waals surface area (Å²) in [5.41, 5.74) is 3.44. The van der Waals surface area contributed by atoms with Crippen molar-refractivity contribution in [1.82, 2.24) is 20.1 Å². The molecule has 138 valence electrons. The third-order valence-corrected chi connectivity index (χ3v) is 4.85. The highest BCUT2D eigenvalue weighted by atomic mass is 19.2. The average Bonchev–Trinajstić information content (AvgIpc) is 3.27. The molecule has 3 aromatic rings. The molecule has 5 nitrogen and oxygen atoms in total. The van der Waals surface area contributed by atoms with E-state index in [0.29, 0.717) is 11.4 Å². The van der Waals surface area contributed by atoms with Gasteiger partial charge in [-0.05, 0) is 56.0 Å². The molecule has 1 amide bonds. The van der Waals surface area contributed by atoms with E-state index in [0.717, 1.165) is 48.2 Å². The molecule has 0 fully saturated rings. The van der Waals surface area contributed by atoms with Crippen LogP contribution in [-0.4, -0.2) is 20.7 Å². The molecule has 0 bridgehead atoms. The Morgan fingerprint density at radius 3 is 2.67 bits per heavy atom. The number of carbonyl (C=O) groups excluding carboxylic acids is 1. The molecule has 2 aromatic heterocycles. The van der Waals surface area contributed by atoms with Crippen LogP contribution in [0.3, 0.4) is 0 Å². The minimum atomic E-state index is -0.938.